The minimum atomic E-state index is -0.177. The van der Waals surface area contributed by atoms with Crippen molar-refractivity contribution < 1.29 is 14.3 Å². The Morgan fingerprint density at radius 3 is 3.06 bits per heavy atom. The molecular formula is C13H18N2O3. The summed E-state index contributed by atoms with van der Waals surface area (Å²) in [5, 5.41) is 0. The molecule has 5 nitrogen and oxygen atoms in total. The van der Waals surface area contributed by atoms with Gasteiger partial charge in [-0.05, 0) is 12.1 Å². The highest BCUT2D eigenvalue weighted by molar-refractivity contribution is 5.97. The number of fused-ring (bicyclic) bond motifs is 1. The fourth-order valence-electron chi connectivity index (χ4n) is 2.03. The molecule has 1 amide bonds. The third kappa shape index (κ3) is 2.80. The number of hydrogen-bond donors (Lipinski definition) is 1. The fourth-order valence-corrected chi connectivity index (χ4v) is 2.03. The second-order valence-electron chi connectivity index (χ2n) is 4.31. The van der Waals surface area contributed by atoms with Gasteiger partial charge in [0.1, 0.15) is 12.4 Å². The first-order chi connectivity index (χ1) is 8.72. The lowest BCUT2D eigenvalue weighted by molar-refractivity contribution is 0.0718. The predicted octanol–water partition coefficient (Wildman–Crippen LogP) is 0.495. The smallest absolute Gasteiger partial charge is 0.257 e. The van der Waals surface area contributed by atoms with Crippen LogP contribution in [-0.4, -0.2) is 50.3 Å². The average molecular weight is 250 g/mol. The molecule has 0 aromatic heterocycles. The zero-order chi connectivity index (χ0) is 13.0. The highest BCUT2D eigenvalue weighted by Crippen LogP contribution is 2.22. The lowest BCUT2D eigenvalue weighted by atomic mass is 10.1. The van der Waals surface area contributed by atoms with Crippen LogP contribution in [0.2, 0.25) is 0 Å². The summed E-state index contributed by atoms with van der Waals surface area (Å²) in [6, 6.07) is 7.10. The Hall–Kier alpha value is -1.59. The normalized spacial score (nSPS) is 16.8. The summed E-state index contributed by atoms with van der Waals surface area (Å²) in [6.07, 6.45) is 0. The van der Waals surface area contributed by atoms with Gasteiger partial charge in [-0.15, -0.1) is 0 Å². The van der Waals surface area contributed by atoms with Crippen LogP contribution < -0.4 is 10.5 Å². The zero-order valence-corrected chi connectivity index (χ0v) is 10.5. The number of rotatable bonds is 4. The minimum absolute atomic E-state index is 0.0327. The number of carbonyl (C=O) groups excluding carboxylic acids is 1. The van der Waals surface area contributed by atoms with Crippen molar-refractivity contribution >= 4 is 5.91 Å². The molecular weight excluding hydrogens is 232 g/mol. The van der Waals surface area contributed by atoms with Crippen molar-refractivity contribution in [3.8, 4) is 5.75 Å². The monoisotopic (exact) mass is 250 g/mol. The maximum atomic E-state index is 12.3. The van der Waals surface area contributed by atoms with E-state index in [9.17, 15) is 4.79 Å². The van der Waals surface area contributed by atoms with Crippen molar-refractivity contribution in [1.29, 1.82) is 0 Å². The molecule has 5 heteroatoms. The SMILES string of the molecule is COCC(N)CN1CCOc2ccccc2C1=O. The van der Waals surface area contributed by atoms with E-state index in [1.54, 1.807) is 18.1 Å². The predicted molar refractivity (Wildman–Crippen MR) is 67.7 cm³/mol. The molecule has 0 aliphatic carbocycles. The molecule has 1 heterocycles. The highest BCUT2D eigenvalue weighted by atomic mass is 16.5. The summed E-state index contributed by atoms with van der Waals surface area (Å²) in [5.41, 5.74) is 6.49. The molecule has 1 aliphatic heterocycles. The van der Waals surface area contributed by atoms with E-state index in [1.165, 1.54) is 0 Å². The molecule has 1 aliphatic rings. The number of ether oxygens (including phenoxy) is 2. The molecule has 0 fully saturated rings. The van der Waals surface area contributed by atoms with Gasteiger partial charge >= 0.3 is 0 Å². The summed E-state index contributed by atoms with van der Waals surface area (Å²) < 4.78 is 10.5. The first-order valence-electron chi connectivity index (χ1n) is 5.98. The third-order valence-corrected chi connectivity index (χ3v) is 2.86. The minimum Gasteiger partial charge on any atom is -0.491 e. The Morgan fingerprint density at radius 2 is 2.28 bits per heavy atom. The molecule has 18 heavy (non-hydrogen) atoms. The van der Waals surface area contributed by atoms with Crippen LogP contribution in [-0.2, 0) is 4.74 Å². The van der Waals surface area contributed by atoms with E-state index in [1.807, 2.05) is 18.2 Å². The molecule has 1 unspecified atom stereocenters. The maximum Gasteiger partial charge on any atom is 0.257 e. The highest BCUT2D eigenvalue weighted by Gasteiger charge is 2.24. The van der Waals surface area contributed by atoms with Crippen molar-refractivity contribution in [2.75, 3.05) is 33.4 Å². The van der Waals surface area contributed by atoms with Gasteiger partial charge in [0.2, 0.25) is 0 Å². The molecule has 0 bridgehead atoms. The average Bonchev–Trinajstić information content (AvgIpc) is 2.51. The van der Waals surface area contributed by atoms with E-state index in [-0.39, 0.29) is 11.9 Å². The summed E-state index contributed by atoms with van der Waals surface area (Å²) >= 11 is 0. The van der Waals surface area contributed by atoms with Crippen molar-refractivity contribution in [3.05, 3.63) is 29.8 Å². The molecule has 1 aromatic carbocycles. The topological polar surface area (TPSA) is 64.8 Å². The van der Waals surface area contributed by atoms with E-state index in [2.05, 4.69) is 0 Å². The fraction of sp³-hybridized carbons (Fsp3) is 0.462. The number of amides is 1. The molecule has 2 rings (SSSR count). The standard InChI is InChI=1S/C13H18N2O3/c1-17-9-10(14)8-15-6-7-18-12-5-3-2-4-11(12)13(15)16/h2-5,10H,6-9,14H2,1H3. The molecule has 0 saturated heterocycles. The molecule has 0 saturated carbocycles. The third-order valence-electron chi connectivity index (χ3n) is 2.86. The van der Waals surface area contributed by atoms with Gasteiger partial charge in [-0.2, -0.15) is 0 Å². The zero-order valence-electron chi connectivity index (χ0n) is 10.5. The van der Waals surface area contributed by atoms with Crippen molar-refractivity contribution in [3.63, 3.8) is 0 Å². The number of methoxy groups -OCH3 is 1. The van der Waals surface area contributed by atoms with E-state index >= 15 is 0 Å². The van der Waals surface area contributed by atoms with Gasteiger partial charge in [-0.25, -0.2) is 0 Å². The first-order valence-corrected chi connectivity index (χ1v) is 5.98. The van der Waals surface area contributed by atoms with E-state index in [0.29, 0.717) is 37.6 Å². The van der Waals surface area contributed by atoms with Crippen LogP contribution in [0.15, 0.2) is 24.3 Å². The summed E-state index contributed by atoms with van der Waals surface area (Å²) in [4.78, 5) is 14.0. The second-order valence-corrected chi connectivity index (χ2v) is 4.31. The van der Waals surface area contributed by atoms with Crippen LogP contribution in [0.5, 0.6) is 5.75 Å². The first kappa shape index (κ1) is 12.9. The molecule has 2 N–H and O–H groups in total. The van der Waals surface area contributed by atoms with E-state index in [4.69, 9.17) is 15.2 Å². The van der Waals surface area contributed by atoms with Crippen molar-refractivity contribution in [2.45, 2.75) is 6.04 Å². The van der Waals surface area contributed by atoms with Gasteiger partial charge < -0.3 is 20.1 Å². The molecule has 98 valence electrons. The second kappa shape index (κ2) is 5.84. The lowest BCUT2D eigenvalue weighted by Crippen LogP contribution is -2.43. The van der Waals surface area contributed by atoms with Gasteiger partial charge in [0.15, 0.2) is 0 Å². The number of benzene rings is 1. The van der Waals surface area contributed by atoms with Crippen molar-refractivity contribution in [1.82, 2.24) is 4.90 Å². The van der Waals surface area contributed by atoms with Crippen molar-refractivity contribution in [2.24, 2.45) is 5.73 Å². The Morgan fingerprint density at radius 1 is 1.50 bits per heavy atom. The molecule has 1 atom stereocenters. The largest absolute Gasteiger partial charge is 0.491 e. The van der Waals surface area contributed by atoms with Crippen LogP contribution >= 0.6 is 0 Å². The number of carbonyl (C=O) groups is 1. The summed E-state index contributed by atoms with van der Waals surface area (Å²) in [7, 11) is 1.60. The summed E-state index contributed by atoms with van der Waals surface area (Å²) in [5.74, 6) is 0.611. The summed E-state index contributed by atoms with van der Waals surface area (Å²) in [6.45, 7) is 1.95. The van der Waals surface area contributed by atoms with Gasteiger partial charge in [-0.1, -0.05) is 12.1 Å². The Balaban J connectivity index is 2.12. The Kier molecular flexibility index (Phi) is 4.17. The molecule has 1 aromatic rings. The lowest BCUT2D eigenvalue weighted by Gasteiger charge is -2.23. The molecule has 0 radical (unpaired) electrons. The van der Waals surface area contributed by atoms with E-state index < -0.39 is 0 Å². The van der Waals surface area contributed by atoms with Gasteiger partial charge in [0.25, 0.3) is 5.91 Å². The van der Waals surface area contributed by atoms with Crippen LogP contribution in [0, 0.1) is 0 Å². The van der Waals surface area contributed by atoms with Gasteiger partial charge in [0.05, 0.1) is 18.7 Å². The number of nitrogens with two attached hydrogens (primary N) is 1. The quantitative estimate of drug-likeness (QED) is 0.845. The maximum absolute atomic E-state index is 12.3. The Labute approximate surface area is 106 Å². The number of para-hydroxylation sites is 1. The van der Waals surface area contributed by atoms with Crippen LogP contribution in [0.25, 0.3) is 0 Å². The van der Waals surface area contributed by atoms with Crippen LogP contribution in [0.4, 0.5) is 0 Å². The number of nitrogens with zero attached hydrogens (tertiary/aromatic N) is 1. The van der Waals surface area contributed by atoms with Crippen LogP contribution in [0.3, 0.4) is 0 Å². The number of hydrogen-bond acceptors (Lipinski definition) is 4. The van der Waals surface area contributed by atoms with Gasteiger partial charge in [-0.3, -0.25) is 4.79 Å². The Bertz CT molecular complexity index is 422. The van der Waals surface area contributed by atoms with Gasteiger partial charge in [0, 0.05) is 19.7 Å². The molecule has 0 spiro atoms. The van der Waals surface area contributed by atoms with E-state index in [0.717, 1.165) is 0 Å². The van der Waals surface area contributed by atoms with Crippen LogP contribution in [0.1, 0.15) is 10.4 Å².